The Morgan fingerprint density at radius 1 is 0.867 bits per heavy atom. The molecular weight excluding hydrogens is 226 g/mol. The van der Waals surface area contributed by atoms with Gasteiger partial charge in [-0.05, 0) is 0 Å². The van der Waals surface area contributed by atoms with Crippen LogP contribution in [-0.2, 0) is 0 Å². The van der Waals surface area contributed by atoms with Crippen molar-refractivity contribution in [3.8, 4) is 0 Å². The van der Waals surface area contributed by atoms with Crippen LogP contribution in [0.5, 0.6) is 0 Å². The van der Waals surface area contributed by atoms with E-state index in [4.69, 9.17) is 0 Å². The molecule has 1 aliphatic heterocycles. The summed E-state index contributed by atoms with van der Waals surface area (Å²) in [5.41, 5.74) is 0. The van der Waals surface area contributed by atoms with E-state index < -0.39 is 44.5 Å². The first-order chi connectivity index (χ1) is 6.82. The molecule has 1 aliphatic rings. The summed E-state index contributed by atoms with van der Waals surface area (Å²) < 4.78 is 72.4. The molecule has 2 nitrogen and oxygen atoms in total. The summed E-state index contributed by atoms with van der Waals surface area (Å²) in [6.45, 7) is -1.82. The van der Waals surface area contributed by atoms with E-state index >= 15 is 0 Å². The van der Waals surface area contributed by atoms with Crippen LogP contribution >= 0.6 is 0 Å². The number of hydrogen-bond donors (Lipinski definition) is 0. The van der Waals surface area contributed by atoms with Crippen LogP contribution in [0, 0.1) is 0 Å². The van der Waals surface area contributed by atoms with Gasteiger partial charge in [-0.15, -0.1) is 0 Å². The maximum Gasteiger partial charge on any atom is 0.460 e. The monoisotopic (exact) mass is 234 g/mol. The molecule has 0 amide bonds. The van der Waals surface area contributed by atoms with Gasteiger partial charge in [-0.3, -0.25) is 0 Å². The van der Waals surface area contributed by atoms with Crippen LogP contribution in [-0.4, -0.2) is 42.3 Å². The Labute approximate surface area is 81.7 Å². The first kappa shape index (κ1) is 12.2. The van der Waals surface area contributed by atoms with Gasteiger partial charge in [-0.25, -0.2) is 4.90 Å². The van der Waals surface area contributed by atoms with Crippen LogP contribution in [0.3, 0.4) is 0 Å². The summed E-state index contributed by atoms with van der Waals surface area (Å²) in [6, 6.07) is 0. The zero-order valence-corrected chi connectivity index (χ0v) is 7.49. The van der Waals surface area contributed by atoms with E-state index in [0.29, 0.717) is 4.90 Å². The molecule has 0 aliphatic carbocycles. The SMILES string of the molecule is FC(F)=C(F)N1CCN(C(F)(F)F)CC1. The standard InChI is InChI=1S/C7H8F6N2/c8-5(9)6(10)14-1-3-15(4-2-14)7(11,12)13/h1-4H2. The molecule has 1 rings (SSSR count). The van der Waals surface area contributed by atoms with E-state index in [9.17, 15) is 26.3 Å². The lowest BCUT2D eigenvalue weighted by Gasteiger charge is -2.35. The highest BCUT2D eigenvalue weighted by atomic mass is 19.4. The van der Waals surface area contributed by atoms with Crippen LogP contribution in [0.25, 0.3) is 0 Å². The third-order valence-corrected chi connectivity index (χ3v) is 2.07. The van der Waals surface area contributed by atoms with Gasteiger partial charge in [-0.2, -0.15) is 26.3 Å². The van der Waals surface area contributed by atoms with E-state index in [-0.39, 0.29) is 4.90 Å². The minimum atomic E-state index is -4.49. The highest BCUT2D eigenvalue weighted by molar-refractivity contribution is 4.93. The Kier molecular flexibility index (Phi) is 3.48. The van der Waals surface area contributed by atoms with Crippen molar-refractivity contribution < 1.29 is 26.3 Å². The van der Waals surface area contributed by atoms with E-state index in [2.05, 4.69) is 0 Å². The number of nitrogens with zero attached hydrogens (tertiary/aromatic N) is 2. The zero-order chi connectivity index (χ0) is 11.6. The number of alkyl halides is 3. The molecule has 1 heterocycles. The molecule has 0 aromatic rings. The summed E-state index contributed by atoms with van der Waals surface area (Å²) in [6.07, 6.45) is -6.99. The molecule has 0 spiro atoms. The molecule has 0 unspecified atom stereocenters. The molecule has 0 saturated carbocycles. The van der Waals surface area contributed by atoms with Gasteiger partial charge in [0.15, 0.2) is 0 Å². The van der Waals surface area contributed by atoms with Gasteiger partial charge >= 0.3 is 12.4 Å². The molecule has 0 bridgehead atoms. The van der Waals surface area contributed by atoms with Crippen molar-refractivity contribution in [2.45, 2.75) is 6.30 Å². The largest absolute Gasteiger partial charge is 0.460 e. The fourth-order valence-corrected chi connectivity index (χ4v) is 1.28. The number of rotatable bonds is 1. The van der Waals surface area contributed by atoms with Crippen LogP contribution in [0.4, 0.5) is 26.3 Å². The first-order valence-electron chi connectivity index (χ1n) is 4.10. The highest BCUT2D eigenvalue weighted by Crippen LogP contribution is 2.24. The molecule has 1 fully saturated rings. The van der Waals surface area contributed by atoms with Gasteiger partial charge in [0, 0.05) is 26.2 Å². The minimum Gasteiger partial charge on any atom is -0.341 e. The van der Waals surface area contributed by atoms with Gasteiger partial charge in [-0.1, -0.05) is 0 Å². The highest BCUT2D eigenvalue weighted by Gasteiger charge is 2.39. The molecule has 1 saturated heterocycles. The molecular formula is C7H8F6N2. The average molecular weight is 234 g/mol. The normalized spacial score (nSPS) is 19.2. The van der Waals surface area contributed by atoms with Gasteiger partial charge in [0.25, 0.3) is 5.95 Å². The van der Waals surface area contributed by atoms with Gasteiger partial charge in [0.1, 0.15) is 0 Å². The van der Waals surface area contributed by atoms with Crippen molar-refractivity contribution in [3.63, 3.8) is 0 Å². The second-order valence-electron chi connectivity index (χ2n) is 2.99. The van der Waals surface area contributed by atoms with E-state index in [0.717, 1.165) is 0 Å². The fraction of sp³-hybridized carbons (Fsp3) is 0.714. The van der Waals surface area contributed by atoms with Crippen molar-refractivity contribution >= 4 is 0 Å². The predicted octanol–water partition coefficient (Wildman–Crippen LogP) is 2.16. The van der Waals surface area contributed by atoms with Crippen LogP contribution in [0.2, 0.25) is 0 Å². The molecule has 0 atom stereocenters. The first-order valence-corrected chi connectivity index (χ1v) is 4.10. The predicted molar refractivity (Wildman–Crippen MR) is 39.6 cm³/mol. The summed E-state index contributed by atoms with van der Waals surface area (Å²) in [7, 11) is 0. The van der Waals surface area contributed by atoms with E-state index in [1.165, 1.54) is 0 Å². The van der Waals surface area contributed by atoms with Crippen molar-refractivity contribution in [1.29, 1.82) is 0 Å². The molecule has 0 N–H and O–H groups in total. The Bertz CT molecular complexity index is 249. The van der Waals surface area contributed by atoms with Crippen LogP contribution < -0.4 is 0 Å². The van der Waals surface area contributed by atoms with Gasteiger partial charge in [0.05, 0.1) is 0 Å². The smallest absolute Gasteiger partial charge is 0.341 e. The lowest BCUT2D eigenvalue weighted by atomic mass is 10.3. The van der Waals surface area contributed by atoms with Crippen molar-refractivity contribution in [3.05, 3.63) is 12.0 Å². The van der Waals surface area contributed by atoms with Crippen molar-refractivity contribution in [2.75, 3.05) is 26.2 Å². The Balaban J connectivity index is 2.54. The van der Waals surface area contributed by atoms with Gasteiger partial charge < -0.3 is 4.90 Å². The average Bonchev–Trinajstić information content (AvgIpc) is 2.15. The molecule has 88 valence electrons. The molecule has 0 aromatic carbocycles. The lowest BCUT2D eigenvalue weighted by molar-refractivity contribution is -0.251. The summed E-state index contributed by atoms with van der Waals surface area (Å²) >= 11 is 0. The lowest BCUT2D eigenvalue weighted by Crippen LogP contribution is -2.51. The second-order valence-corrected chi connectivity index (χ2v) is 2.99. The Hall–Kier alpha value is -0.920. The molecule has 15 heavy (non-hydrogen) atoms. The summed E-state index contributed by atoms with van der Waals surface area (Å²) in [5, 5.41) is 0. The number of halogens is 6. The van der Waals surface area contributed by atoms with Crippen molar-refractivity contribution in [1.82, 2.24) is 9.80 Å². The number of hydrogen-bond acceptors (Lipinski definition) is 2. The third-order valence-electron chi connectivity index (χ3n) is 2.07. The fourth-order valence-electron chi connectivity index (χ4n) is 1.28. The number of piperazine rings is 1. The maximum absolute atomic E-state index is 12.6. The van der Waals surface area contributed by atoms with E-state index in [1.807, 2.05) is 0 Å². The topological polar surface area (TPSA) is 6.48 Å². The molecule has 8 heteroatoms. The molecule has 0 radical (unpaired) electrons. The Morgan fingerprint density at radius 3 is 1.67 bits per heavy atom. The summed E-state index contributed by atoms with van der Waals surface area (Å²) in [5.74, 6) is -1.74. The van der Waals surface area contributed by atoms with Crippen molar-refractivity contribution in [2.24, 2.45) is 0 Å². The third kappa shape index (κ3) is 3.01. The van der Waals surface area contributed by atoms with Crippen LogP contribution in [0.15, 0.2) is 12.0 Å². The van der Waals surface area contributed by atoms with Gasteiger partial charge in [0.2, 0.25) is 0 Å². The quantitative estimate of drug-likeness (QED) is 0.506. The maximum atomic E-state index is 12.6. The minimum absolute atomic E-state index is 0.160. The molecule has 0 aromatic heterocycles. The summed E-state index contributed by atoms with van der Waals surface area (Å²) in [4.78, 5) is 0.754. The zero-order valence-electron chi connectivity index (χ0n) is 7.49. The van der Waals surface area contributed by atoms with Crippen LogP contribution in [0.1, 0.15) is 0 Å². The second kappa shape index (κ2) is 4.30. The van der Waals surface area contributed by atoms with E-state index in [1.54, 1.807) is 0 Å². The Morgan fingerprint density at radius 2 is 1.33 bits per heavy atom.